The van der Waals surface area contributed by atoms with Gasteiger partial charge in [-0.1, -0.05) is 11.6 Å². The minimum Gasteiger partial charge on any atom is -0.618 e. The molecule has 1 aromatic heterocycles. The highest BCUT2D eigenvalue weighted by molar-refractivity contribution is 6.32. The van der Waals surface area contributed by atoms with E-state index in [0.29, 0.717) is 29.5 Å². The Balaban J connectivity index is 2.69. The third-order valence-corrected chi connectivity index (χ3v) is 2.44. The molecule has 0 saturated carbocycles. The zero-order valence-corrected chi connectivity index (χ0v) is 7.39. The molecule has 0 saturated heterocycles. The van der Waals surface area contributed by atoms with Crippen molar-refractivity contribution in [3.05, 3.63) is 27.7 Å². The van der Waals surface area contributed by atoms with Crippen molar-refractivity contribution in [1.82, 2.24) is 0 Å². The Morgan fingerprint density at radius 3 is 3.17 bits per heavy atom. The smallest absolute Gasteiger partial charge is 0.239 e. The number of hydrogen-bond donors (Lipinski definition) is 0. The monoisotopic (exact) mass is 185 g/mol. The van der Waals surface area contributed by atoms with Gasteiger partial charge in [0.2, 0.25) is 11.4 Å². The van der Waals surface area contributed by atoms with Crippen LogP contribution in [0.15, 0.2) is 6.20 Å². The highest BCUT2D eigenvalue weighted by Crippen LogP contribution is 2.32. The predicted molar refractivity (Wildman–Crippen MR) is 44.3 cm³/mol. The first-order valence-corrected chi connectivity index (χ1v) is 4.12. The largest absolute Gasteiger partial charge is 0.618 e. The van der Waals surface area contributed by atoms with Crippen molar-refractivity contribution in [2.45, 2.75) is 13.3 Å². The van der Waals surface area contributed by atoms with Crippen LogP contribution >= 0.6 is 11.6 Å². The Hall–Kier alpha value is -0.960. The summed E-state index contributed by atoms with van der Waals surface area (Å²) >= 11 is 5.93. The van der Waals surface area contributed by atoms with Gasteiger partial charge in [-0.2, -0.15) is 4.73 Å². The van der Waals surface area contributed by atoms with Gasteiger partial charge in [0, 0.05) is 5.56 Å². The van der Waals surface area contributed by atoms with E-state index in [2.05, 4.69) is 0 Å². The second kappa shape index (κ2) is 2.52. The zero-order valence-electron chi connectivity index (χ0n) is 6.63. The third-order valence-electron chi connectivity index (χ3n) is 1.97. The molecule has 0 unspecified atom stereocenters. The van der Waals surface area contributed by atoms with Crippen LogP contribution in [0.25, 0.3) is 0 Å². The molecule has 0 aromatic carbocycles. The lowest BCUT2D eigenvalue weighted by Crippen LogP contribution is -2.30. The predicted octanol–water partition coefficient (Wildman–Crippen LogP) is 1.22. The summed E-state index contributed by atoms with van der Waals surface area (Å²) in [5.41, 5.74) is 1.40. The van der Waals surface area contributed by atoms with Gasteiger partial charge >= 0.3 is 0 Å². The number of fused-ring (bicyclic) bond motifs is 1. The molecule has 0 radical (unpaired) electrons. The quantitative estimate of drug-likeness (QED) is 0.450. The molecule has 2 rings (SSSR count). The highest BCUT2D eigenvalue weighted by Gasteiger charge is 2.25. The van der Waals surface area contributed by atoms with E-state index < -0.39 is 0 Å². The Morgan fingerprint density at radius 1 is 1.67 bits per heavy atom. The molecule has 2 heterocycles. The molecular weight excluding hydrogens is 178 g/mol. The molecule has 1 aliphatic heterocycles. The van der Waals surface area contributed by atoms with E-state index in [1.54, 1.807) is 6.92 Å². The van der Waals surface area contributed by atoms with Gasteiger partial charge in [0.15, 0.2) is 6.20 Å². The number of aryl methyl sites for hydroxylation is 1. The Bertz CT molecular complexity index is 338. The first-order valence-electron chi connectivity index (χ1n) is 3.74. The second-order valence-electron chi connectivity index (χ2n) is 2.83. The van der Waals surface area contributed by atoms with E-state index in [0.717, 1.165) is 10.3 Å². The second-order valence-corrected chi connectivity index (χ2v) is 3.20. The van der Waals surface area contributed by atoms with E-state index in [4.69, 9.17) is 16.3 Å². The number of aromatic nitrogens is 1. The van der Waals surface area contributed by atoms with Gasteiger partial charge in [0.05, 0.1) is 18.1 Å². The Labute approximate surface area is 75.1 Å². The first kappa shape index (κ1) is 7.68. The van der Waals surface area contributed by atoms with Gasteiger partial charge in [0.1, 0.15) is 0 Å². The number of hydrogen-bond acceptors (Lipinski definition) is 2. The molecular formula is C8H8ClNO2. The van der Waals surface area contributed by atoms with Crippen LogP contribution in [0.2, 0.25) is 5.02 Å². The summed E-state index contributed by atoms with van der Waals surface area (Å²) in [5.74, 6) is 0.562. The van der Waals surface area contributed by atoms with Crippen molar-refractivity contribution in [2.75, 3.05) is 6.61 Å². The van der Waals surface area contributed by atoms with Gasteiger partial charge in [-0.15, -0.1) is 0 Å². The first-order chi connectivity index (χ1) is 5.70. The number of pyridine rings is 1. The standard InChI is InChI=1S/C8H8ClNO2/c1-5-4-10(11)6-2-3-12-8(6)7(5)9/h4H,2-3H2,1H3. The van der Waals surface area contributed by atoms with E-state index in [9.17, 15) is 5.21 Å². The molecule has 1 aliphatic rings. The van der Waals surface area contributed by atoms with Crippen molar-refractivity contribution in [3.63, 3.8) is 0 Å². The molecule has 0 N–H and O–H groups in total. The Morgan fingerprint density at radius 2 is 2.42 bits per heavy atom. The fraction of sp³-hybridized carbons (Fsp3) is 0.375. The minimum atomic E-state index is 0.556. The van der Waals surface area contributed by atoms with Gasteiger partial charge in [0.25, 0.3) is 0 Å². The molecule has 0 spiro atoms. The van der Waals surface area contributed by atoms with Crippen LogP contribution in [0.3, 0.4) is 0 Å². The molecule has 0 atom stereocenters. The molecule has 12 heavy (non-hydrogen) atoms. The summed E-state index contributed by atoms with van der Waals surface area (Å²) in [6, 6.07) is 0. The average molecular weight is 186 g/mol. The molecule has 1 aromatic rings. The van der Waals surface area contributed by atoms with Crippen molar-refractivity contribution in [1.29, 1.82) is 0 Å². The van der Waals surface area contributed by atoms with Crippen LogP contribution in [0.1, 0.15) is 11.3 Å². The third kappa shape index (κ3) is 0.932. The van der Waals surface area contributed by atoms with E-state index in [1.165, 1.54) is 6.20 Å². The SMILES string of the molecule is Cc1c[n+]([O-])c2c(c1Cl)OCC2. The van der Waals surface area contributed by atoms with Crippen molar-refractivity contribution in [3.8, 4) is 5.75 Å². The van der Waals surface area contributed by atoms with Crippen LogP contribution < -0.4 is 9.47 Å². The summed E-state index contributed by atoms with van der Waals surface area (Å²) in [6.07, 6.45) is 2.13. The van der Waals surface area contributed by atoms with E-state index >= 15 is 0 Å². The van der Waals surface area contributed by atoms with Gasteiger partial charge in [-0.3, -0.25) is 0 Å². The summed E-state index contributed by atoms with van der Waals surface area (Å²) in [4.78, 5) is 0. The number of nitrogens with zero attached hydrogens (tertiary/aromatic N) is 1. The molecule has 0 fully saturated rings. The normalized spacial score (nSPS) is 14.2. The molecule has 0 bridgehead atoms. The van der Waals surface area contributed by atoms with Gasteiger partial charge in [-0.25, -0.2) is 0 Å². The molecule has 64 valence electrons. The van der Waals surface area contributed by atoms with Crippen LogP contribution in [-0.2, 0) is 6.42 Å². The maximum Gasteiger partial charge on any atom is 0.239 e. The van der Waals surface area contributed by atoms with Crippen molar-refractivity contribution < 1.29 is 9.47 Å². The number of halogens is 1. The van der Waals surface area contributed by atoms with Crippen LogP contribution in [0, 0.1) is 12.1 Å². The lowest BCUT2D eigenvalue weighted by molar-refractivity contribution is -0.613. The molecule has 0 amide bonds. The summed E-state index contributed by atoms with van der Waals surface area (Å²) in [6.45, 7) is 2.35. The minimum absolute atomic E-state index is 0.556. The van der Waals surface area contributed by atoms with Crippen molar-refractivity contribution in [2.24, 2.45) is 0 Å². The van der Waals surface area contributed by atoms with Crippen LogP contribution in [0.4, 0.5) is 0 Å². The van der Waals surface area contributed by atoms with Gasteiger partial charge < -0.3 is 9.94 Å². The van der Waals surface area contributed by atoms with E-state index in [-0.39, 0.29) is 0 Å². The Kier molecular flexibility index (Phi) is 1.61. The highest BCUT2D eigenvalue weighted by atomic mass is 35.5. The average Bonchev–Trinajstić information content (AvgIpc) is 2.48. The number of rotatable bonds is 0. The maximum absolute atomic E-state index is 11.3. The summed E-state index contributed by atoms with van der Waals surface area (Å²) in [5, 5.41) is 11.8. The number of ether oxygens (including phenoxy) is 1. The maximum atomic E-state index is 11.3. The fourth-order valence-electron chi connectivity index (χ4n) is 1.34. The summed E-state index contributed by atoms with van der Waals surface area (Å²) in [7, 11) is 0. The van der Waals surface area contributed by atoms with Crippen molar-refractivity contribution >= 4 is 11.6 Å². The van der Waals surface area contributed by atoms with E-state index in [1.807, 2.05) is 0 Å². The van der Waals surface area contributed by atoms with Crippen LogP contribution in [0.5, 0.6) is 5.75 Å². The summed E-state index contributed by atoms with van der Waals surface area (Å²) < 4.78 is 6.07. The van der Waals surface area contributed by atoms with Crippen LogP contribution in [-0.4, -0.2) is 6.61 Å². The molecule has 3 nitrogen and oxygen atoms in total. The zero-order chi connectivity index (χ0) is 8.72. The fourth-order valence-corrected chi connectivity index (χ4v) is 1.55. The molecule has 0 aliphatic carbocycles. The van der Waals surface area contributed by atoms with Gasteiger partial charge in [-0.05, 0) is 6.92 Å². The molecule has 4 heteroatoms. The topological polar surface area (TPSA) is 36.2 Å². The lowest BCUT2D eigenvalue weighted by Gasteiger charge is -2.05. The lowest BCUT2D eigenvalue weighted by atomic mass is 10.2.